The summed E-state index contributed by atoms with van der Waals surface area (Å²) < 4.78 is 14.0. The van der Waals surface area contributed by atoms with Crippen LogP contribution in [0.1, 0.15) is 5.56 Å². The number of para-hydroxylation sites is 1. The molecule has 4 rings (SSSR count). The van der Waals surface area contributed by atoms with Crippen molar-refractivity contribution in [3.05, 3.63) is 72.4 Å². The molecule has 2 aromatic heterocycles. The Labute approximate surface area is 170 Å². The summed E-state index contributed by atoms with van der Waals surface area (Å²) in [5.41, 5.74) is 1.92. The molecule has 0 N–H and O–H groups in total. The molecular weight excluding hydrogens is 367 g/mol. The van der Waals surface area contributed by atoms with E-state index in [0.717, 1.165) is 50.9 Å². The third-order valence-electron chi connectivity index (χ3n) is 5.26. The molecule has 1 aliphatic heterocycles. The van der Waals surface area contributed by atoms with Gasteiger partial charge < -0.3 is 14.7 Å². The number of likely N-dealkylation sites (N-methyl/N-ethyl adjacent to an activating group) is 1. The summed E-state index contributed by atoms with van der Waals surface area (Å²) in [6.45, 7) is 3.87. The molecule has 7 heteroatoms. The average Bonchev–Trinajstić information content (AvgIpc) is 2.79. The Morgan fingerprint density at radius 1 is 0.931 bits per heavy atom. The largest absolute Gasteiger partial charge is 0.366 e. The van der Waals surface area contributed by atoms with Crippen LogP contribution in [-0.4, -0.2) is 54.7 Å². The highest BCUT2D eigenvalue weighted by molar-refractivity contribution is 5.50. The number of pyridine rings is 1. The van der Waals surface area contributed by atoms with Crippen LogP contribution in [0.25, 0.3) is 0 Å². The van der Waals surface area contributed by atoms with Gasteiger partial charge in [-0.05, 0) is 42.3 Å². The second-order valence-electron chi connectivity index (χ2n) is 7.17. The minimum absolute atomic E-state index is 0.171. The van der Waals surface area contributed by atoms with Crippen molar-refractivity contribution in [1.82, 2.24) is 15.0 Å². The van der Waals surface area contributed by atoms with Crippen LogP contribution in [0.5, 0.6) is 0 Å². The van der Waals surface area contributed by atoms with Gasteiger partial charge in [0.25, 0.3) is 0 Å². The Morgan fingerprint density at radius 2 is 1.66 bits per heavy atom. The zero-order chi connectivity index (χ0) is 20.1. The van der Waals surface area contributed by atoms with Crippen molar-refractivity contribution >= 4 is 17.5 Å². The Kier molecular flexibility index (Phi) is 5.84. The van der Waals surface area contributed by atoms with E-state index in [-0.39, 0.29) is 5.82 Å². The van der Waals surface area contributed by atoms with Crippen LogP contribution < -0.4 is 14.7 Å². The maximum atomic E-state index is 14.0. The summed E-state index contributed by atoms with van der Waals surface area (Å²) in [7, 11) is 2.05. The van der Waals surface area contributed by atoms with Crippen LogP contribution in [0.4, 0.5) is 21.8 Å². The van der Waals surface area contributed by atoms with Crippen molar-refractivity contribution in [1.29, 1.82) is 0 Å². The molecule has 0 amide bonds. The van der Waals surface area contributed by atoms with Gasteiger partial charge in [0.2, 0.25) is 5.95 Å². The number of halogens is 1. The molecule has 29 heavy (non-hydrogen) atoms. The van der Waals surface area contributed by atoms with Crippen LogP contribution >= 0.6 is 0 Å². The fourth-order valence-corrected chi connectivity index (χ4v) is 3.52. The quantitative estimate of drug-likeness (QED) is 0.643. The van der Waals surface area contributed by atoms with Gasteiger partial charge in [0, 0.05) is 58.4 Å². The summed E-state index contributed by atoms with van der Waals surface area (Å²) in [6, 6.07) is 12.9. The number of aromatic nitrogens is 3. The lowest BCUT2D eigenvalue weighted by Gasteiger charge is -2.36. The molecule has 0 saturated carbocycles. The Bertz CT molecular complexity index is 927. The zero-order valence-corrected chi connectivity index (χ0v) is 16.6. The number of nitrogens with zero attached hydrogens (tertiary/aromatic N) is 6. The highest BCUT2D eigenvalue weighted by Gasteiger charge is 2.21. The highest BCUT2D eigenvalue weighted by atomic mass is 19.1. The first-order chi connectivity index (χ1) is 14.2. The van der Waals surface area contributed by atoms with E-state index in [1.807, 2.05) is 56.0 Å². The van der Waals surface area contributed by atoms with Crippen molar-refractivity contribution < 1.29 is 4.39 Å². The molecule has 0 spiro atoms. The van der Waals surface area contributed by atoms with Gasteiger partial charge in [-0.25, -0.2) is 9.37 Å². The molecule has 1 saturated heterocycles. The molecule has 0 radical (unpaired) electrons. The third-order valence-corrected chi connectivity index (χ3v) is 5.26. The molecule has 0 aliphatic carbocycles. The van der Waals surface area contributed by atoms with Crippen LogP contribution in [0, 0.1) is 5.82 Å². The lowest BCUT2D eigenvalue weighted by molar-refractivity contribution is 0.594. The zero-order valence-electron chi connectivity index (χ0n) is 16.6. The van der Waals surface area contributed by atoms with Crippen molar-refractivity contribution in [2.45, 2.75) is 6.42 Å². The first-order valence-electron chi connectivity index (χ1n) is 9.88. The molecule has 150 valence electrons. The number of anilines is 3. The molecule has 1 aliphatic rings. The van der Waals surface area contributed by atoms with Gasteiger partial charge in [0.05, 0.1) is 5.69 Å². The van der Waals surface area contributed by atoms with Crippen molar-refractivity contribution in [2.75, 3.05) is 54.5 Å². The fraction of sp³-hybridized carbons (Fsp3) is 0.318. The second kappa shape index (κ2) is 8.86. The predicted octanol–water partition coefficient (Wildman–Crippen LogP) is 3.02. The van der Waals surface area contributed by atoms with E-state index in [0.29, 0.717) is 5.69 Å². The Hall–Kier alpha value is -3.22. The minimum atomic E-state index is -0.171. The number of hydrogen-bond donors (Lipinski definition) is 0. The average molecular weight is 392 g/mol. The minimum Gasteiger partial charge on any atom is -0.366 e. The molecule has 1 fully saturated rings. The van der Waals surface area contributed by atoms with Gasteiger partial charge in [0.1, 0.15) is 11.6 Å². The number of rotatable bonds is 6. The Morgan fingerprint density at radius 3 is 2.41 bits per heavy atom. The molecule has 0 atom stereocenters. The molecule has 0 bridgehead atoms. The van der Waals surface area contributed by atoms with E-state index >= 15 is 0 Å². The second-order valence-corrected chi connectivity index (χ2v) is 7.17. The third kappa shape index (κ3) is 4.62. The molecule has 6 nitrogen and oxygen atoms in total. The SMILES string of the molecule is CN(CCc1ccncc1)c1ccnc(N2CCN(c3ccccc3F)CC2)n1. The normalized spacial score (nSPS) is 14.1. The van der Waals surface area contributed by atoms with Crippen molar-refractivity contribution in [3.8, 4) is 0 Å². The van der Waals surface area contributed by atoms with Crippen molar-refractivity contribution in [3.63, 3.8) is 0 Å². The number of hydrogen-bond acceptors (Lipinski definition) is 6. The maximum Gasteiger partial charge on any atom is 0.227 e. The van der Waals surface area contributed by atoms with E-state index in [4.69, 9.17) is 4.98 Å². The Balaban J connectivity index is 1.37. The van der Waals surface area contributed by atoms with E-state index in [2.05, 4.69) is 24.7 Å². The first kappa shape index (κ1) is 19.1. The monoisotopic (exact) mass is 392 g/mol. The number of benzene rings is 1. The summed E-state index contributed by atoms with van der Waals surface area (Å²) in [5.74, 6) is 1.46. The van der Waals surface area contributed by atoms with Crippen molar-refractivity contribution in [2.24, 2.45) is 0 Å². The maximum absolute atomic E-state index is 14.0. The van der Waals surface area contributed by atoms with E-state index in [1.165, 1.54) is 11.6 Å². The smallest absolute Gasteiger partial charge is 0.227 e. The molecule has 1 aromatic carbocycles. The van der Waals surface area contributed by atoms with Gasteiger partial charge in [-0.3, -0.25) is 4.98 Å². The summed E-state index contributed by atoms with van der Waals surface area (Å²) in [5, 5.41) is 0. The molecule has 3 aromatic rings. The van der Waals surface area contributed by atoms with E-state index in [9.17, 15) is 4.39 Å². The summed E-state index contributed by atoms with van der Waals surface area (Å²) in [4.78, 5) is 19.7. The lowest BCUT2D eigenvalue weighted by atomic mass is 10.2. The predicted molar refractivity (Wildman–Crippen MR) is 114 cm³/mol. The lowest BCUT2D eigenvalue weighted by Crippen LogP contribution is -2.47. The summed E-state index contributed by atoms with van der Waals surface area (Å²) in [6.07, 6.45) is 6.38. The van der Waals surface area contributed by atoms with Crippen LogP contribution in [0.15, 0.2) is 61.1 Å². The standard InChI is InChI=1S/C22H25FN6/c1-27(13-9-18-6-10-24-11-7-18)21-8-12-25-22(26-21)29-16-14-28(15-17-29)20-5-3-2-4-19(20)23/h2-8,10-12H,9,13-17H2,1H3. The highest BCUT2D eigenvalue weighted by Crippen LogP contribution is 2.22. The van der Waals surface area contributed by atoms with Crippen LogP contribution in [0.3, 0.4) is 0 Å². The molecule has 0 unspecified atom stereocenters. The van der Waals surface area contributed by atoms with Gasteiger partial charge in [-0.2, -0.15) is 4.98 Å². The van der Waals surface area contributed by atoms with Gasteiger partial charge in [0.15, 0.2) is 0 Å². The van der Waals surface area contributed by atoms with Gasteiger partial charge >= 0.3 is 0 Å². The van der Waals surface area contributed by atoms with E-state index in [1.54, 1.807) is 6.07 Å². The van der Waals surface area contributed by atoms with Crippen LogP contribution in [-0.2, 0) is 6.42 Å². The summed E-state index contributed by atoms with van der Waals surface area (Å²) >= 11 is 0. The molecule has 3 heterocycles. The van der Waals surface area contributed by atoms with Gasteiger partial charge in [-0.1, -0.05) is 12.1 Å². The van der Waals surface area contributed by atoms with E-state index < -0.39 is 0 Å². The first-order valence-corrected chi connectivity index (χ1v) is 9.88. The van der Waals surface area contributed by atoms with Gasteiger partial charge in [-0.15, -0.1) is 0 Å². The molecular formula is C22H25FN6. The fourth-order valence-electron chi connectivity index (χ4n) is 3.52. The number of piperazine rings is 1. The van der Waals surface area contributed by atoms with Crippen LogP contribution in [0.2, 0.25) is 0 Å². The topological polar surface area (TPSA) is 48.4 Å².